The summed E-state index contributed by atoms with van der Waals surface area (Å²) in [7, 11) is 0. The molecule has 0 heterocycles. The van der Waals surface area contributed by atoms with Crippen LogP contribution in [0.25, 0.3) is 27.1 Å². The quantitative estimate of drug-likeness (QED) is 0.314. The van der Waals surface area contributed by atoms with E-state index in [0.29, 0.717) is 21.7 Å². The fraction of sp³-hybridized carbons (Fsp3) is 0.0556. The second kappa shape index (κ2) is 5.35. The smallest absolute Gasteiger partial charge is 0.336 e. The molecule has 106 valence electrons. The van der Waals surface area contributed by atoms with E-state index in [-0.39, 0.29) is 11.1 Å². The molecule has 0 saturated carbocycles. The van der Waals surface area contributed by atoms with Gasteiger partial charge in [0.15, 0.2) is 5.43 Å². The minimum Gasteiger partial charge on any atom is -0.361 e. The Morgan fingerprint density at radius 3 is 2.41 bits per heavy atom. The van der Waals surface area contributed by atoms with Gasteiger partial charge in [-0.25, -0.2) is 0 Å². The number of fused-ring (bicyclic) bond motifs is 2. The lowest BCUT2D eigenvalue weighted by atomic mass is 10.0. The maximum Gasteiger partial charge on any atom is 0.336 e. The Hall–Kier alpha value is -3.10. The molecule has 3 aromatic carbocycles. The highest BCUT2D eigenvalue weighted by molar-refractivity contribution is 6.45. The number of carbonyl (C=O) groups excluding carboxylic acids is 1. The lowest BCUT2D eigenvalue weighted by Gasteiger charge is -1.99. The molecule has 4 nitrogen and oxygen atoms in total. The second-order valence-corrected chi connectivity index (χ2v) is 5.03. The van der Waals surface area contributed by atoms with Crippen molar-refractivity contribution in [2.75, 3.05) is 0 Å². The van der Waals surface area contributed by atoms with E-state index in [2.05, 4.69) is 4.79 Å². The summed E-state index contributed by atoms with van der Waals surface area (Å²) in [5, 5.41) is 2.44. The van der Waals surface area contributed by atoms with Gasteiger partial charge < -0.3 is 5.53 Å². The zero-order valence-corrected chi connectivity index (χ0v) is 11.9. The summed E-state index contributed by atoms with van der Waals surface area (Å²) in [5.41, 5.74) is 9.02. The summed E-state index contributed by atoms with van der Waals surface area (Å²) in [6.45, 7) is 1.43. The third-order valence-corrected chi connectivity index (χ3v) is 3.71. The Morgan fingerprint density at radius 1 is 0.909 bits per heavy atom. The predicted octanol–water partition coefficient (Wildman–Crippen LogP) is 3.23. The van der Waals surface area contributed by atoms with E-state index < -0.39 is 5.78 Å². The lowest BCUT2D eigenvalue weighted by Crippen LogP contribution is -2.12. The van der Waals surface area contributed by atoms with Crippen LogP contribution in [0.2, 0.25) is 0 Å². The van der Waals surface area contributed by atoms with Crippen molar-refractivity contribution in [3.8, 4) is 0 Å². The monoisotopic (exact) mass is 288 g/mol. The number of ketones is 1. The molecular weight excluding hydrogens is 276 g/mol. The lowest BCUT2D eigenvalue weighted by molar-refractivity contribution is -0.00676. The molecule has 0 N–H and O–H groups in total. The van der Waals surface area contributed by atoms with E-state index in [9.17, 15) is 9.59 Å². The Kier molecular flexibility index (Phi) is 3.37. The summed E-state index contributed by atoms with van der Waals surface area (Å²) in [5.74, 6) is -0.400. The number of nitrogens with zero attached hydrogens (tertiary/aromatic N) is 2. The fourth-order valence-corrected chi connectivity index (χ4v) is 2.55. The third kappa shape index (κ3) is 2.12. The van der Waals surface area contributed by atoms with Crippen LogP contribution < -0.4 is 5.43 Å². The molecule has 0 amide bonds. The molecule has 0 radical (unpaired) electrons. The molecule has 0 unspecified atom stereocenters. The molecule has 0 bridgehead atoms. The zero-order chi connectivity index (χ0) is 15.7. The van der Waals surface area contributed by atoms with Crippen molar-refractivity contribution in [1.29, 1.82) is 0 Å². The van der Waals surface area contributed by atoms with Gasteiger partial charge in [-0.05, 0) is 10.8 Å². The Labute approximate surface area is 126 Å². The molecule has 0 atom stereocenters. The average Bonchev–Trinajstić information content (AvgIpc) is 2.71. The number of hydrogen-bond donors (Lipinski definition) is 0. The van der Waals surface area contributed by atoms with Gasteiger partial charge in [-0.1, -0.05) is 54.6 Å². The van der Waals surface area contributed by atoms with E-state index in [1.165, 1.54) is 6.92 Å². The zero-order valence-electron chi connectivity index (χ0n) is 11.9. The molecule has 0 spiro atoms. The van der Waals surface area contributed by atoms with Crippen LogP contribution in [-0.4, -0.2) is 16.3 Å². The molecule has 3 aromatic rings. The van der Waals surface area contributed by atoms with Gasteiger partial charge in [0.2, 0.25) is 0 Å². The molecule has 0 aliphatic carbocycles. The SMILES string of the molecule is CC(=[N+]=[N-])C(=O)c1cccc2c(=O)c3ccccc3ccc12. The average molecular weight is 288 g/mol. The standard InChI is InChI=1S/C18H12N2O2/c1-11(20-19)17(21)15-7-4-8-16-14(15)10-9-12-5-2-3-6-13(12)18(16)22/h2-10H,1H3. The highest BCUT2D eigenvalue weighted by Crippen LogP contribution is 2.19. The maximum absolute atomic E-state index is 12.7. The normalized spacial score (nSPS) is 10.4. The number of benzene rings is 2. The maximum atomic E-state index is 12.7. The van der Waals surface area contributed by atoms with Crippen LogP contribution in [0.3, 0.4) is 0 Å². The van der Waals surface area contributed by atoms with Crippen molar-refractivity contribution >= 4 is 33.0 Å². The minimum atomic E-state index is -0.400. The van der Waals surface area contributed by atoms with Crippen LogP contribution in [-0.2, 0) is 0 Å². The summed E-state index contributed by atoms with van der Waals surface area (Å²) in [6, 6.07) is 15.9. The number of rotatable bonds is 2. The number of Topliss-reactive ketones (excluding diaryl/α,β-unsaturated/α-hetero) is 1. The van der Waals surface area contributed by atoms with Gasteiger partial charge >= 0.3 is 5.71 Å². The van der Waals surface area contributed by atoms with Gasteiger partial charge in [0.1, 0.15) is 0 Å². The summed E-state index contributed by atoms with van der Waals surface area (Å²) in [6.07, 6.45) is 0. The topological polar surface area (TPSA) is 70.5 Å². The molecule has 0 aliphatic heterocycles. The Bertz CT molecular complexity index is 1030. The second-order valence-electron chi connectivity index (χ2n) is 5.03. The highest BCUT2D eigenvalue weighted by Gasteiger charge is 2.19. The van der Waals surface area contributed by atoms with Crippen LogP contribution >= 0.6 is 0 Å². The highest BCUT2D eigenvalue weighted by atomic mass is 16.1. The molecule has 22 heavy (non-hydrogen) atoms. The van der Waals surface area contributed by atoms with E-state index in [0.717, 1.165) is 5.39 Å². The van der Waals surface area contributed by atoms with E-state index >= 15 is 0 Å². The first-order valence-electron chi connectivity index (χ1n) is 6.81. The van der Waals surface area contributed by atoms with E-state index in [1.807, 2.05) is 24.3 Å². The number of carbonyl (C=O) groups is 1. The molecular formula is C18H12N2O2. The molecule has 4 heteroatoms. The summed E-state index contributed by atoms with van der Waals surface area (Å²) in [4.78, 5) is 28.0. The predicted molar refractivity (Wildman–Crippen MR) is 86.4 cm³/mol. The Morgan fingerprint density at radius 2 is 1.64 bits per heavy atom. The van der Waals surface area contributed by atoms with Gasteiger partial charge in [-0.15, -0.1) is 0 Å². The van der Waals surface area contributed by atoms with E-state index in [4.69, 9.17) is 5.53 Å². The molecule has 0 fully saturated rings. The summed E-state index contributed by atoms with van der Waals surface area (Å²) < 4.78 is 0. The van der Waals surface area contributed by atoms with Crippen LogP contribution in [0, 0.1) is 0 Å². The van der Waals surface area contributed by atoms with Gasteiger partial charge in [-0.2, -0.15) is 4.79 Å². The van der Waals surface area contributed by atoms with E-state index in [1.54, 1.807) is 30.3 Å². The largest absolute Gasteiger partial charge is 0.361 e. The van der Waals surface area contributed by atoms with Gasteiger partial charge in [0, 0.05) is 23.3 Å². The first-order chi connectivity index (χ1) is 10.6. The van der Waals surface area contributed by atoms with Crippen molar-refractivity contribution in [3.05, 3.63) is 75.9 Å². The van der Waals surface area contributed by atoms with Crippen molar-refractivity contribution in [2.24, 2.45) is 0 Å². The number of hydrogen-bond acceptors (Lipinski definition) is 2. The van der Waals surface area contributed by atoms with Crippen molar-refractivity contribution in [1.82, 2.24) is 0 Å². The van der Waals surface area contributed by atoms with Crippen molar-refractivity contribution in [3.63, 3.8) is 0 Å². The Balaban J connectivity index is 2.50. The van der Waals surface area contributed by atoms with Crippen LogP contribution in [0.15, 0.2) is 59.4 Å². The van der Waals surface area contributed by atoms with Gasteiger partial charge in [-0.3, -0.25) is 9.59 Å². The van der Waals surface area contributed by atoms with Crippen molar-refractivity contribution < 1.29 is 9.58 Å². The van der Waals surface area contributed by atoms with Gasteiger partial charge in [0.25, 0.3) is 5.78 Å². The molecule has 0 aromatic heterocycles. The first-order valence-corrected chi connectivity index (χ1v) is 6.81. The van der Waals surface area contributed by atoms with Gasteiger partial charge in [0.05, 0.1) is 0 Å². The minimum absolute atomic E-state index is 0.0176. The van der Waals surface area contributed by atoms with Crippen LogP contribution in [0.1, 0.15) is 17.3 Å². The van der Waals surface area contributed by atoms with Crippen LogP contribution in [0.5, 0.6) is 0 Å². The summed E-state index contributed by atoms with van der Waals surface area (Å²) >= 11 is 0. The molecule has 3 rings (SSSR count). The first kappa shape index (κ1) is 13.9. The molecule has 0 aliphatic rings. The fourth-order valence-electron chi connectivity index (χ4n) is 2.55. The molecule has 0 saturated heterocycles. The van der Waals surface area contributed by atoms with Crippen molar-refractivity contribution in [2.45, 2.75) is 6.92 Å². The third-order valence-electron chi connectivity index (χ3n) is 3.71. The van der Waals surface area contributed by atoms with Crippen LogP contribution in [0.4, 0.5) is 0 Å².